The van der Waals surface area contributed by atoms with Gasteiger partial charge in [-0.25, -0.2) is 18.0 Å². The van der Waals surface area contributed by atoms with Gasteiger partial charge in [0, 0.05) is 17.2 Å². The second-order valence-electron chi connectivity index (χ2n) is 6.39. The number of aromatic carboxylic acids is 1. The maximum atomic E-state index is 15.1. The molecular formula is C20H7F2I4O5+. The molecule has 1 aromatic heterocycles. The first kappa shape index (κ1) is 23.3. The summed E-state index contributed by atoms with van der Waals surface area (Å²) in [7, 11) is 0. The molecule has 3 aromatic carbocycles. The van der Waals surface area contributed by atoms with Crippen LogP contribution in [-0.2, 0) is 0 Å². The van der Waals surface area contributed by atoms with Gasteiger partial charge in [0.15, 0.2) is 18.6 Å². The molecule has 0 radical (unpaired) electrons. The minimum atomic E-state index is -1.50. The lowest BCUT2D eigenvalue weighted by Gasteiger charge is -2.13. The number of phenols is 2. The van der Waals surface area contributed by atoms with Gasteiger partial charge in [-0.3, -0.25) is 0 Å². The smallest absolute Gasteiger partial charge is 0.378 e. The first-order valence-corrected chi connectivity index (χ1v) is 12.5. The van der Waals surface area contributed by atoms with Gasteiger partial charge in [-0.15, -0.1) is 0 Å². The van der Waals surface area contributed by atoms with Crippen LogP contribution in [0.4, 0.5) is 8.78 Å². The number of hydrogen-bond donors (Lipinski definition) is 3. The maximum absolute atomic E-state index is 15.1. The van der Waals surface area contributed by atoms with Crippen LogP contribution in [-0.4, -0.2) is 21.3 Å². The number of carboxylic acids is 1. The van der Waals surface area contributed by atoms with E-state index >= 15 is 4.39 Å². The molecule has 0 aliphatic carbocycles. The molecular weight excluding hydrogens is 866 g/mol. The first-order chi connectivity index (χ1) is 14.5. The monoisotopic (exact) mass is 873 g/mol. The Bertz CT molecular complexity index is 1380. The molecule has 0 spiro atoms. The molecule has 0 saturated heterocycles. The summed E-state index contributed by atoms with van der Waals surface area (Å²) in [6, 6.07) is 4.48. The molecule has 0 bridgehead atoms. The van der Waals surface area contributed by atoms with Gasteiger partial charge in [0.1, 0.15) is 11.6 Å². The van der Waals surface area contributed by atoms with Gasteiger partial charge in [-0.1, -0.05) is 0 Å². The number of fused-ring (bicyclic) bond motifs is 2. The van der Waals surface area contributed by atoms with E-state index in [1.54, 1.807) is 12.1 Å². The molecule has 0 fully saturated rings. The molecule has 0 aliphatic heterocycles. The quantitative estimate of drug-likeness (QED) is 0.112. The third-order valence-electron chi connectivity index (χ3n) is 4.58. The topological polar surface area (TPSA) is 89.1 Å². The Balaban J connectivity index is 2.38. The third kappa shape index (κ3) is 3.81. The number of hydrogen-bond acceptors (Lipinski definition) is 3. The molecule has 0 unspecified atom stereocenters. The van der Waals surface area contributed by atoms with Crippen molar-refractivity contribution < 1.29 is 33.3 Å². The highest BCUT2D eigenvalue weighted by atomic mass is 127. The van der Waals surface area contributed by atoms with Crippen molar-refractivity contribution >= 4 is 118 Å². The number of carbonyl (C=O) groups is 1. The van der Waals surface area contributed by atoms with Gasteiger partial charge in [0.05, 0.1) is 23.5 Å². The Morgan fingerprint density at radius 1 is 0.806 bits per heavy atom. The van der Waals surface area contributed by atoms with Crippen LogP contribution in [0.1, 0.15) is 10.4 Å². The van der Waals surface area contributed by atoms with E-state index in [9.17, 15) is 24.5 Å². The minimum Gasteiger partial charge on any atom is -0.505 e. The number of rotatable bonds is 2. The van der Waals surface area contributed by atoms with E-state index in [2.05, 4.69) is 0 Å². The number of halogens is 6. The van der Waals surface area contributed by atoms with Crippen LogP contribution in [0.15, 0.2) is 28.7 Å². The summed E-state index contributed by atoms with van der Waals surface area (Å²) in [4.78, 5) is 11.9. The molecule has 158 valence electrons. The summed E-state index contributed by atoms with van der Waals surface area (Å²) >= 11 is 7.56. The minimum absolute atomic E-state index is 0.0504. The Hall–Kier alpha value is -0.820. The van der Waals surface area contributed by atoms with Crippen LogP contribution in [0, 0.1) is 25.9 Å². The zero-order valence-electron chi connectivity index (χ0n) is 14.7. The zero-order chi connectivity index (χ0) is 22.8. The predicted octanol–water partition coefficient (Wildman–Crippen LogP) is 7.34. The molecule has 5 nitrogen and oxygen atoms in total. The van der Waals surface area contributed by atoms with E-state index in [4.69, 9.17) is 4.42 Å². The van der Waals surface area contributed by atoms with Crippen molar-refractivity contribution in [2.75, 3.05) is 0 Å². The molecule has 1 heterocycles. The zero-order valence-corrected chi connectivity index (χ0v) is 23.4. The van der Waals surface area contributed by atoms with E-state index in [0.717, 1.165) is 6.07 Å². The molecule has 11 heteroatoms. The second kappa shape index (κ2) is 8.51. The normalized spacial score (nSPS) is 11.4. The number of aromatic hydroxyl groups is 2. The molecule has 0 aliphatic rings. The van der Waals surface area contributed by atoms with Crippen LogP contribution in [0.3, 0.4) is 0 Å². The van der Waals surface area contributed by atoms with Gasteiger partial charge < -0.3 is 15.3 Å². The van der Waals surface area contributed by atoms with Gasteiger partial charge in [-0.2, -0.15) is 0 Å². The maximum Gasteiger partial charge on any atom is 0.378 e. The fourth-order valence-corrected chi connectivity index (χ4v) is 6.84. The lowest BCUT2D eigenvalue weighted by atomic mass is 9.92. The third-order valence-corrected chi connectivity index (χ3v) is 8.22. The van der Waals surface area contributed by atoms with Crippen LogP contribution in [0.5, 0.6) is 11.5 Å². The lowest BCUT2D eigenvalue weighted by molar-refractivity contribution is 0.0696. The Morgan fingerprint density at radius 3 is 1.74 bits per heavy atom. The van der Waals surface area contributed by atoms with E-state index < -0.39 is 23.2 Å². The summed E-state index contributed by atoms with van der Waals surface area (Å²) in [5.41, 5.74) is -0.339. The summed E-state index contributed by atoms with van der Waals surface area (Å²) in [6.07, 6.45) is 0. The van der Waals surface area contributed by atoms with Crippen molar-refractivity contribution in [2.45, 2.75) is 0 Å². The molecule has 4 rings (SSSR count). The summed E-state index contributed by atoms with van der Waals surface area (Å²) in [5, 5.41) is 31.1. The van der Waals surface area contributed by atoms with Crippen LogP contribution in [0.25, 0.3) is 33.1 Å². The molecule has 4 aromatic rings. The van der Waals surface area contributed by atoms with Crippen LogP contribution < -0.4 is 0 Å². The molecule has 31 heavy (non-hydrogen) atoms. The van der Waals surface area contributed by atoms with Crippen molar-refractivity contribution in [3.63, 3.8) is 0 Å². The van der Waals surface area contributed by atoms with E-state index in [0.29, 0.717) is 31.1 Å². The second-order valence-corrected chi connectivity index (χ2v) is 10.9. The Labute approximate surface area is 227 Å². The predicted molar refractivity (Wildman–Crippen MR) is 145 cm³/mol. The van der Waals surface area contributed by atoms with Crippen molar-refractivity contribution in [2.24, 2.45) is 0 Å². The molecule has 0 saturated carbocycles. The fourth-order valence-electron chi connectivity index (χ4n) is 3.27. The van der Waals surface area contributed by atoms with Crippen LogP contribution >= 0.6 is 90.4 Å². The average molecular weight is 873 g/mol. The highest BCUT2D eigenvalue weighted by Gasteiger charge is 2.32. The Kier molecular flexibility index (Phi) is 6.41. The van der Waals surface area contributed by atoms with Crippen molar-refractivity contribution in [3.8, 4) is 22.6 Å². The average Bonchev–Trinajstić information content (AvgIpc) is 2.70. The summed E-state index contributed by atoms with van der Waals surface area (Å²) in [6.45, 7) is 0. The van der Waals surface area contributed by atoms with Gasteiger partial charge >= 0.3 is 17.1 Å². The van der Waals surface area contributed by atoms with E-state index in [1.165, 1.54) is 0 Å². The van der Waals surface area contributed by atoms with Crippen molar-refractivity contribution in [1.82, 2.24) is 0 Å². The highest BCUT2D eigenvalue weighted by Crippen LogP contribution is 2.46. The number of carboxylic acid groups (broad SMARTS) is 1. The van der Waals surface area contributed by atoms with Gasteiger partial charge in [0.25, 0.3) is 0 Å². The van der Waals surface area contributed by atoms with Crippen molar-refractivity contribution in [3.05, 3.63) is 55.7 Å². The standard InChI is InChI=1S/C20H6F2I4O5/c21-5-1-8(20(29)30)13(9(22)2-5)12-6-3-10(23)16(27)14(25)18(6)31-19-7(12)4-11(24)17(28)15(19)26/h1-4H,(H2-,27,28,29,30)/p+1. The lowest BCUT2D eigenvalue weighted by Crippen LogP contribution is -2.04. The highest BCUT2D eigenvalue weighted by molar-refractivity contribution is 14.1. The number of phenolic OH excluding ortho intramolecular Hbond substituents is 2. The molecule has 0 atom stereocenters. The van der Waals surface area contributed by atoms with Gasteiger partial charge in [0.2, 0.25) is 0 Å². The van der Waals surface area contributed by atoms with Crippen LogP contribution in [0.2, 0.25) is 0 Å². The molecule has 3 N–H and O–H groups in total. The first-order valence-electron chi connectivity index (χ1n) is 8.23. The van der Waals surface area contributed by atoms with E-state index in [-0.39, 0.29) is 33.8 Å². The van der Waals surface area contributed by atoms with Crippen molar-refractivity contribution in [1.29, 1.82) is 0 Å². The SMILES string of the molecule is O=C(O)c1cc(F)cc(F)c1-c1c2cc(I)c(O)c(I)c2[o+]c2c(I)c(O)c(I)cc12. The molecule has 0 amide bonds. The number of benzene rings is 3. The Morgan fingerprint density at radius 2 is 1.29 bits per heavy atom. The summed E-state index contributed by atoms with van der Waals surface area (Å²) in [5.74, 6) is -3.67. The van der Waals surface area contributed by atoms with E-state index in [1.807, 2.05) is 90.4 Å². The van der Waals surface area contributed by atoms with Gasteiger partial charge in [-0.05, 0) is 109 Å². The largest absolute Gasteiger partial charge is 0.505 e. The fraction of sp³-hybridized carbons (Fsp3) is 0. The summed E-state index contributed by atoms with van der Waals surface area (Å²) < 4.78 is 36.6.